The first-order valence-electron chi connectivity index (χ1n) is 7.04. The lowest BCUT2D eigenvalue weighted by Crippen LogP contribution is -2.27. The van der Waals surface area contributed by atoms with Gasteiger partial charge in [-0.1, -0.05) is 30.3 Å². The van der Waals surface area contributed by atoms with E-state index in [1.54, 1.807) is 30.3 Å². The highest BCUT2D eigenvalue weighted by molar-refractivity contribution is 5.93. The van der Waals surface area contributed by atoms with Crippen molar-refractivity contribution >= 4 is 23.0 Å². The van der Waals surface area contributed by atoms with Crippen molar-refractivity contribution < 1.29 is 23.8 Å². The Balaban J connectivity index is 2.21. The largest absolute Gasteiger partial charge is 0.479 e. The number of carbonyl (C=O) groups is 2. The number of ether oxygens (including phenoxy) is 1. The lowest BCUT2D eigenvalue weighted by molar-refractivity contribution is -0.139. The third kappa shape index (κ3) is 2.56. The average Bonchev–Trinajstić information content (AvgIpc) is 2.90. The van der Waals surface area contributed by atoms with Gasteiger partial charge in [-0.25, -0.2) is 14.4 Å². The summed E-state index contributed by atoms with van der Waals surface area (Å²) in [6, 6.07) is 11.4. The number of nitrogens with zero attached hydrogens (tertiary/aromatic N) is 1. The molecule has 1 N–H and O–H groups in total. The first-order valence-corrected chi connectivity index (χ1v) is 7.04. The van der Waals surface area contributed by atoms with Gasteiger partial charge in [-0.2, -0.15) is 0 Å². The second kappa shape index (κ2) is 6.04. The van der Waals surface area contributed by atoms with Crippen molar-refractivity contribution in [1.29, 1.82) is 0 Å². The summed E-state index contributed by atoms with van der Waals surface area (Å²) in [5, 5.41) is 9.59. The first kappa shape index (κ1) is 15.5. The van der Waals surface area contributed by atoms with E-state index in [0.717, 1.165) is 4.57 Å². The van der Waals surface area contributed by atoms with Crippen molar-refractivity contribution in [2.24, 2.45) is 0 Å². The number of benzene rings is 2. The molecule has 0 aliphatic carbocycles. The smallest absolute Gasteiger partial charge is 0.421 e. The summed E-state index contributed by atoms with van der Waals surface area (Å²) in [6.45, 7) is 0. The summed E-state index contributed by atoms with van der Waals surface area (Å²) in [5.41, 5.74) is 1.04. The second-order valence-electron chi connectivity index (χ2n) is 5.06. The van der Waals surface area contributed by atoms with Crippen LogP contribution in [0.15, 0.2) is 57.7 Å². The molecule has 2 aromatic carbocycles. The molecule has 24 heavy (non-hydrogen) atoms. The van der Waals surface area contributed by atoms with E-state index in [2.05, 4.69) is 4.74 Å². The fraction of sp³-hybridized carbons (Fsp3) is 0.118. The Morgan fingerprint density at radius 2 is 1.88 bits per heavy atom. The molecule has 0 saturated heterocycles. The van der Waals surface area contributed by atoms with Crippen molar-refractivity contribution in [3.8, 4) is 0 Å². The monoisotopic (exact) mass is 327 g/mol. The number of rotatable bonds is 4. The molecule has 0 fully saturated rings. The molecule has 0 amide bonds. The van der Waals surface area contributed by atoms with Gasteiger partial charge >= 0.3 is 17.7 Å². The zero-order valence-electron chi connectivity index (χ0n) is 12.6. The van der Waals surface area contributed by atoms with E-state index in [4.69, 9.17) is 4.42 Å². The van der Waals surface area contributed by atoms with E-state index in [1.807, 2.05) is 0 Å². The van der Waals surface area contributed by atoms with Crippen LogP contribution in [0.1, 0.15) is 22.0 Å². The molecule has 1 unspecified atom stereocenters. The predicted octanol–water partition coefficient (Wildman–Crippen LogP) is 2.06. The molecule has 7 nitrogen and oxygen atoms in total. The molecule has 0 bridgehead atoms. The molecule has 3 rings (SSSR count). The van der Waals surface area contributed by atoms with Crippen molar-refractivity contribution in [2.45, 2.75) is 6.04 Å². The molecule has 1 atom stereocenters. The summed E-state index contributed by atoms with van der Waals surface area (Å²) in [5.74, 6) is -2.59. The van der Waals surface area contributed by atoms with Crippen LogP contribution >= 0.6 is 0 Å². The van der Waals surface area contributed by atoms with Gasteiger partial charge in [0.15, 0.2) is 11.6 Å². The zero-order chi connectivity index (χ0) is 17.3. The average molecular weight is 327 g/mol. The number of methoxy groups -OCH3 is 1. The van der Waals surface area contributed by atoms with E-state index in [0.29, 0.717) is 5.56 Å². The molecule has 3 aromatic rings. The standard InChI is InChI=1S/C17H13NO6/c1-23-16(21)11-7-8-12-13(9-11)24-17(22)18(12)14(15(19)20)10-5-3-2-4-6-10/h2-9,14H,1H3,(H,19,20). The van der Waals surface area contributed by atoms with Gasteiger partial charge in [0.1, 0.15) is 0 Å². The maximum Gasteiger partial charge on any atom is 0.421 e. The highest BCUT2D eigenvalue weighted by atomic mass is 16.5. The molecule has 1 heterocycles. The summed E-state index contributed by atoms with van der Waals surface area (Å²) < 4.78 is 10.8. The molecular weight excluding hydrogens is 314 g/mol. The Morgan fingerprint density at radius 3 is 2.50 bits per heavy atom. The third-order valence-corrected chi connectivity index (χ3v) is 3.64. The fourth-order valence-electron chi connectivity index (χ4n) is 2.56. The SMILES string of the molecule is COC(=O)c1ccc2c(c1)oc(=O)n2C(C(=O)O)c1ccccc1. The first-order chi connectivity index (χ1) is 11.5. The molecule has 0 aliphatic heterocycles. The number of oxazole rings is 1. The lowest BCUT2D eigenvalue weighted by atomic mass is 10.1. The molecule has 0 saturated carbocycles. The molecule has 122 valence electrons. The predicted molar refractivity (Wildman–Crippen MR) is 84.0 cm³/mol. The summed E-state index contributed by atoms with van der Waals surface area (Å²) in [6.07, 6.45) is 0. The highest BCUT2D eigenvalue weighted by Crippen LogP contribution is 2.24. The number of hydrogen-bond donors (Lipinski definition) is 1. The lowest BCUT2D eigenvalue weighted by Gasteiger charge is -2.13. The quantitative estimate of drug-likeness (QED) is 0.736. The molecule has 0 aliphatic rings. The van der Waals surface area contributed by atoms with Gasteiger partial charge in [0.25, 0.3) is 0 Å². The number of carbonyl (C=O) groups excluding carboxylic acids is 1. The molecule has 7 heteroatoms. The Bertz CT molecular complexity index is 970. The Morgan fingerprint density at radius 1 is 1.17 bits per heavy atom. The molecule has 1 aromatic heterocycles. The minimum absolute atomic E-state index is 0.116. The summed E-state index contributed by atoms with van der Waals surface area (Å²) in [7, 11) is 1.24. The van der Waals surface area contributed by atoms with Crippen LogP contribution in [0.5, 0.6) is 0 Å². The van der Waals surface area contributed by atoms with Crippen LogP contribution < -0.4 is 5.76 Å². The van der Waals surface area contributed by atoms with Crippen LogP contribution in [0.25, 0.3) is 11.1 Å². The Hall–Kier alpha value is -3.35. The van der Waals surface area contributed by atoms with Crippen LogP contribution in [0.2, 0.25) is 0 Å². The van der Waals surface area contributed by atoms with Gasteiger partial charge in [0.2, 0.25) is 0 Å². The fourth-order valence-corrected chi connectivity index (χ4v) is 2.56. The van der Waals surface area contributed by atoms with Gasteiger partial charge in [0.05, 0.1) is 18.2 Å². The second-order valence-corrected chi connectivity index (χ2v) is 5.06. The minimum atomic E-state index is -1.23. The summed E-state index contributed by atoms with van der Waals surface area (Å²) >= 11 is 0. The zero-order valence-corrected chi connectivity index (χ0v) is 12.6. The van der Waals surface area contributed by atoms with Crippen molar-refractivity contribution in [3.63, 3.8) is 0 Å². The van der Waals surface area contributed by atoms with E-state index in [9.17, 15) is 19.5 Å². The third-order valence-electron chi connectivity index (χ3n) is 3.64. The number of carboxylic acid groups (broad SMARTS) is 1. The number of carboxylic acids is 1. The number of hydrogen-bond acceptors (Lipinski definition) is 5. The van der Waals surface area contributed by atoms with Crippen molar-refractivity contribution in [2.75, 3.05) is 7.11 Å². The molecular formula is C17H13NO6. The van der Waals surface area contributed by atoms with Crippen molar-refractivity contribution in [3.05, 3.63) is 70.2 Å². The van der Waals surface area contributed by atoms with Crippen molar-refractivity contribution in [1.82, 2.24) is 4.57 Å². The van der Waals surface area contributed by atoms with Crippen LogP contribution in [0.4, 0.5) is 0 Å². The Labute approximate surface area is 135 Å². The molecule has 0 spiro atoms. The Kier molecular flexibility index (Phi) is 3.91. The molecule has 0 radical (unpaired) electrons. The van der Waals surface area contributed by atoms with Crippen LogP contribution in [0, 0.1) is 0 Å². The van der Waals surface area contributed by atoms with Crippen LogP contribution in [0.3, 0.4) is 0 Å². The topological polar surface area (TPSA) is 98.7 Å². The van der Waals surface area contributed by atoms with Gasteiger partial charge < -0.3 is 14.3 Å². The minimum Gasteiger partial charge on any atom is -0.479 e. The van der Waals surface area contributed by atoms with Crippen LogP contribution in [-0.2, 0) is 9.53 Å². The number of aliphatic carboxylic acids is 1. The maximum atomic E-state index is 12.2. The van der Waals surface area contributed by atoms with E-state index >= 15 is 0 Å². The number of fused-ring (bicyclic) bond motifs is 1. The van der Waals surface area contributed by atoms with E-state index < -0.39 is 23.7 Å². The van der Waals surface area contributed by atoms with Gasteiger partial charge in [-0.15, -0.1) is 0 Å². The van der Waals surface area contributed by atoms with E-state index in [-0.39, 0.29) is 16.7 Å². The summed E-state index contributed by atoms with van der Waals surface area (Å²) in [4.78, 5) is 35.5. The van der Waals surface area contributed by atoms with Crippen LogP contribution in [-0.4, -0.2) is 28.7 Å². The number of esters is 1. The van der Waals surface area contributed by atoms with Gasteiger partial charge in [-0.05, 0) is 23.8 Å². The highest BCUT2D eigenvalue weighted by Gasteiger charge is 2.27. The van der Waals surface area contributed by atoms with Gasteiger partial charge in [-0.3, -0.25) is 4.57 Å². The van der Waals surface area contributed by atoms with Gasteiger partial charge in [0, 0.05) is 0 Å². The van der Waals surface area contributed by atoms with E-state index in [1.165, 1.54) is 25.3 Å². The maximum absolute atomic E-state index is 12.2. The normalized spacial score (nSPS) is 12.0. The number of aromatic nitrogens is 1.